The Morgan fingerprint density at radius 1 is 0.897 bits per heavy atom. The minimum absolute atomic E-state index is 0.487. The molecule has 0 aliphatic carbocycles. The fourth-order valence-electron chi connectivity index (χ4n) is 3.45. The SMILES string of the molecule is Nc1n[nH]c2cc(-c3ccc(OCc4ccccc4)cc3)c(-c3ccoc3)cc12. The molecule has 0 unspecified atom stereocenters. The third-order valence-electron chi connectivity index (χ3n) is 4.98. The lowest BCUT2D eigenvalue weighted by Gasteiger charge is -2.11. The number of fused-ring (bicyclic) bond motifs is 1. The van der Waals surface area contributed by atoms with E-state index >= 15 is 0 Å². The van der Waals surface area contributed by atoms with Crippen LogP contribution >= 0.6 is 0 Å². The van der Waals surface area contributed by atoms with E-state index < -0.39 is 0 Å². The van der Waals surface area contributed by atoms with Gasteiger partial charge in [0.2, 0.25) is 0 Å². The third-order valence-corrected chi connectivity index (χ3v) is 4.98. The summed E-state index contributed by atoms with van der Waals surface area (Å²) in [5, 5.41) is 8.02. The Morgan fingerprint density at radius 3 is 2.45 bits per heavy atom. The highest BCUT2D eigenvalue weighted by Crippen LogP contribution is 2.37. The van der Waals surface area contributed by atoms with Crippen molar-refractivity contribution >= 4 is 16.7 Å². The second kappa shape index (κ2) is 7.20. The van der Waals surface area contributed by atoms with Crippen molar-refractivity contribution in [3.05, 3.63) is 90.9 Å². The molecular weight excluding hydrogens is 362 g/mol. The van der Waals surface area contributed by atoms with Gasteiger partial charge < -0.3 is 14.9 Å². The fraction of sp³-hybridized carbons (Fsp3) is 0.0417. The zero-order valence-electron chi connectivity index (χ0n) is 15.6. The molecule has 3 aromatic carbocycles. The molecule has 29 heavy (non-hydrogen) atoms. The van der Waals surface area contributed by atoms with Crippen molar-refractivity contribution in [3.8, 4) is 28.0 Å². The molecule has 2 aromatic heterocycles. The number of ether oxygens (including phenoxy) is 1. The van der Waals surface area contributed by atoms with Crippen LogP contribution in [-0.2, 0) is 6.61 Å². The van der Waals surface area contributed by atoms with E-state index in [-0.39, 0.29) is 0 Å². The molecular formula is C24H19N3O2. The number of hydrogen-bond donors (Lipinski definition) is 2. The van der Waals surface area contributed by atoms with Gasteiger partial charge >= 0.3 is 0 Å². The van der Waals surface area contributed by atoms with Gasteiger partial charge in [0.25, 0.3) is 0 Å². The highest BCUT2D eigenvalue weighted by Gasteiger charge is 2.13. The van der Waals surface area contributed by atoms with E-state index in [1.165, 1.54) is 0 Å². The Balaban J connectivity index is 1.49. The molecule has 142 valence electrons. The van der Waals surface area contributed by atoms with E-state index in [4.69, 9.17) is 14.9 Å². The topological polar surface area (TPSA) is 77.1 Å². The molecule has 5 heteroatoms. The normalized spacial score (nSPS) is 11.0. The molecule has 0 saturated heterocycles. The lowest BCUT2D eigenvalue weighted by molar-refractivity contribution is 0.306. The maximum Gasteiger partial charge on any atom is 0.153 e. The summed E-state index contributed by atoms with van der Waals surface area (Å²) in [4.78, 5) is 0. The van der Waals surface area contributed by atoms with Gasteiger partial charge in [-0.3, -0.25) is 5.10 Å². The van der Waals surface area contributed by atoms with Crippen molar-refractivity contribution in [2.24, 2.45) is 0 Å². The fourth-order valence-corrected chi connectivity index (χ4v) is 3.45. The first-order chi connectivity index (χ1) is 14.3. The largest absolute Gasteiger partial charge is 0.489 e. The molecule has 0 spiro atoms. The van der Waals surface area contributed by atoms with Gasteiger partial charge in [0, 0.05) is 10.9 Å². The van der Waals surface area contributed by atoms with Gasteiger partial charge in [-0.15, -0.1) is 0 Å². The lowest BCUT2D eigenvalue weighted by atomic mass is 9.94. The van der Waals surface area contributed by atoms with Crippen LogP contribution < -0.4 is 10.5 Å². The Bertz CT molecular complexity index is 1240. The minimum atomic E-state index is 0.487. The van der Waals surface area contributed by atoms with Crippen LogP contribution in [0.15, 0.2) is 89.7 Å². The molecule has 2 heterocycles. The van der Waals surface area contributed by atoms with Crippen LogP contribution in [0.5, 0.6) is 5.75 Å². The van der Waals surface area contributed by atoms with Gasteiger partial charge in [0.1, 0.15) is 12.4 Å². The number of nitrogen functional groups attached to an aromatic ring is 1. The summed E-state index contributed by atoms with van der Waals surface area (Å²) in [6.07, 6.45) is 3.40. The number of nitrogens with zero attached hydrogens (tertiary/aromatic N) is 1. The van der Waals surface area contributed by atoms with Crippen molar-refractivity contribution in [2.45, 2.75) is 6.61 Å². The maximum atomic E-state index is 6.01. The number of hydrogen-bond acceptors (Lipinski definition) is 4. The Labute approximate surface area is 167 Å². The average Bonchev–Trinajstić information content (AvgIpc) is 3.43. The van der Waals surface area contributed by atoms with Crippen LogP contribution in [-0.4, -0.2) is 10.2 Å². The summed E-state index contributed by atoms with van der Waals surface area (Å²) in [5.41, 5.74) is 12.2. The van der Waals surface area contributed by atoms with Crippen molar-refractivity contribution in [1.82, 2.24) is 10.2 Å². The molecule has 0 bridgehead atoms. The summed E-state index contributed by atoms with van der Waals surface area (Å²) in [5.74, 6) is 1.32. The van der Waals surface area contributed by atoms with Crippen molar-refractivity contribution < 1.29 is 9.15 Å². The van der Waals surface area contributed by atoms with Gasteiger partial charge in [-0.1, -0.05) is 42.5 Å². The number of nitrogens with two attached hydrogens (primary N) is 1. The monoisotopic (exact) mass is 381 g/mol. The van der Waals surface area contributed by atoms with Crippen molar-refractivity contribution in [2.75, 3.05) is 5.73 Å². The van der Waals surface area contributed by atoms with E-state index in [0.29, 0.717) is 12.4 Å². The van der Waals surface area contributed by atoms with Crippen molar-refractivity contribution in [1.29, 1.82) is 0 Å². The number of nitrogens with one attached hydrogen (secondary N) is 1. The highest BCUT2D eigenvalue weighted by atomic mass is 16.5. The lowest BCUT2D eigenvalue weighted by Crippen LogP contribution is -1.94. The Morgan fingerprint density at radius 2 is 1.69 bits per heavy atom. The zero-order valence-corrected chi connectivity index (χ0v) is 15.6. The Hall–Kier alpha value is -3.99. The van der Waals surface area contributed by atoms with Gasteiger partial charge in [-0.25, -0.2) is 0 Å². The van der Waals surface area contributed by atoms with Crippen LogP contribution in [0, 0.1) is 0 Å². The molecule has 0 radical (unpaired) electrons. The van der Waals surface area contributed by atoms with Gasteiger partial charge in [0.15, 0.2) is 5.82 Å². The smallest absolute Gasteiger partial charge is 0.153 e. The average molecular weight is 381 g/mol. The molecule has 0 saturated carbocycles. The van der Waals surface area contributed by atoms with Gasteiger partial charge in [-0.2, -0.15) is 5.10 Å². The van der Waals surface area contributed by atoms with E-state index in [9.17, 15) is 0 Å². The first kappa shape index (κ1) is 17.1. The highest BCUT2D eigenvalue weighted by molar-refractivity contribution is 5.98. The molecule has 0 aliphatic heterocycles. The van der Waals surface area contributed by atoms with Crippen LogP contribution in [0.3, 0.4) is 0 Å². The number of aromatic nitrogens is 2. The third kappa shape index (κ3) is 3.34. The molecule has 0 atom stereocenters. The predicted octanol–water partition coefficient (Wildman–Crippen LogP) is 5.65. The molecule has 5 nitrogen and oxygen atoms in total. The van der Waals surface area contributed by atoms with Crippen LogP contribution in [0.4, 0.5) is 5.82 Å². The maximum absolute atomic E-state index is 6.01. The second-order valence-electron chi connectivity index (χ2n) is 6.86. The van der Waals surface area contributed by atoms with E-state index in [2.05, 4.69) is 40.5 Å². The molecule has 0 amide bonds. The molecule has 0 aliphatic rings. The molecule has 5 aromatic rings. The summed E-state index contributed by atoms with van der Waals surface area (Å²) in [6.45, 7) is 0.542. The minimum Gasteiger partial charge on any atom is -0.489 e. The summed E-state index contributed by atoms with van der Waals surface area (Å²) >= 11 is 0. The number of H-pyrrole nitrogens is 1. The van der Waals surface area contributed by atoms with Crippen molar-refractivity contribution in [3.63, 3.8) is 0 Å². The molecule has 3 N–H and O–H groups in total. The first-order valence-electron chi connectivity index (χ1n) is 9.35. The predicted molar refractivity (Wildman–Crippen MR) is 114 cm³/mol. The van der Waals surface area contributed by atoms with E-state index in [1.807, 2.05) is 42.5 Å². The number of aromatic amines is 1. The van der Waals surface area contributed by atoms with Crippen LogP contribution in [0.2, 0.25) is 0 Å². The summed E-state index contributed by atoms with van der Waals surface area (Å²) in [6, 6.07) is 24.3. The summed E-state index contributed by atoms with van der Waals surface area (Å²) in [7, 11) is 0. The number of benzene rings is 3. The van der Waals surface area contributed by atoms with Gasteiger partial charge in [-0.05, 0) is 52.6 Å². The first-order valence-corrected chi connectivity index (χ1v) is 9.35. The van der Waals surface area contributed by atoms with E-state index in [1.54, 1.807) is 12.5 Å². The van der Waals surface area contributed by atoms with E-state index in [0.717, 1.165) is 44.5 Å². The Kier molecular flexibility index (Phi) is 4.26. The number of furan rings is 1. The zero-order chi connectivity index (χ0) is 19.6. The standard InChI is InChI=1S/C24H19N3O2/c25-24-22-12-20(18-10-11-28-15-18)21(13-23(22)26-27-24)17-6-8-19(9-7-17)29-14-16-4-2-1-3-5-16/h1-13,15H,14H2,(H3,25,26,27). The molecule has 5 rings (SSSR count). The van der Waals surface area contributed by atoms with Crippen LogP contribution in [0.1, 0.15) is 5.56 Å². The molecule has 0 fully saturated rings. The quantitative estimate of drug-likeness (QED) is 0.412. The summed E-state index contributed by atoms with van der Waals surface area (Å²) < 4.78 is 11.2. The number of rotatable bonds is 5. The second-order valence-corrected chi connectivity index (χ2v) is 6.86. The number of anilines is 1. The van der Waals surface area contributed by atoms with Gasteiger partial charge in [0.05, 0.1) is 18.0 Å². The van der Waals surface area contributed by atoms with Crippen LogP contribution in [0.25, 0.3) is 33.2 Å².